The van der Waals surface area contributed by atoms with E-state index in [1.165, 1.54) is 13.8 Å². The van der Waals surface area contributed by atoms with E-state index < -0.39 is 33.3 Å². The maximum atomic E-state index is 12.7. The van der Waals surface area contributed by atoms with Crippen molar-refractivity contribution in [1.29, 1.82) is 0 Å². The van der Waals surface area contributed by atoms with Crippen LogP contribution in [0.5, 0.6) is 0 Å². The summed E-state index contributed by atoms with van der Waals surface area (Å²) in [5, 5.41) is 0. The Morgan fingerprint density at radius 2 is 1.00 bits per heavy atom. The molecule has 0 atom stereocenters. The van der Waals surface area contributed by atoms with Gasteiger partial charge in [0, 0.05) is 0 Å². The summed E-state index contributed by atoms with van der Waals surface area (Å²) < 4.78 is 101. The molecular formula is C16H12F6O2S. The third-order valence-electron chi connectivity index (χ3n) is 3.58. The number of rotatable bonds is 2. The summed E-state index contributed by atoms with van der Waals surface area (Å²) in [6.07, 6.45) is -9.26. The van der Waals surface area contributed by atoms with E-state index in [2.05, 4.69) is 0 Å². The first-order valence-corrected chi connectivity index (χ1v) is 8.33. The van der Waals surface area contributed by atoms with E-state index in [0.29, 0.717) is 24.3 Å². The maximum Gasteiger partial charge on any atom is 0.416 e. The molecule has 0 N–H and O–H groups in total. The molecule has 0 radical (unpaired) electrons. The third-order valence-corrected chi connectivity index (χ3v) is 5.66. The molecule has 0 saturated heterocycles. The predicted molar refractivity (Wildman–Crippen MR) is 77.8 cm³/mol. The lowest BCUT2D eigenvalue weighted by atomic mass is 10.1. The summed E-state index contributed by atoms with van der Waals surface area (Å²) in [5.41, 5.74) is -2.30. The molecule has 2 nitrogen and oxygen atoms in total. The summed E-state index contributed by atoms with van der Waals surface area (Å²) in [7, 11) is -4.26. The normalized spacial score (nSPS) is 13.1. The summed E-state index contributed by atoms with van der Waals surface area (Å²) >= 11 is 0. The fourth-order valence-electron chi connectivity index (χ4n) is 2.37. The van der Waals surface area contributed by atoms with E-state index in [1.807, 2.05) is 0 Å². The Labute approximate surface area is 140 Å². The van der Waals surface area contributed by atoms with Gasteiger partial charge in [-0.05, 0) is 61.4 Å². The number of hydrogen-bond acceptors (Lipinski definition) is 2. The van der Waals surface area contributed by atoms with Gasteiger partial charge in [-0.2, -0.15) is 26.3 Å². The Hall–Kier alpha value is -2.03. The van der Waals surface area contributed by atoms with Gasteiger partial charge in [-0.1, -0.05) is 0 Å². The Balaban J connectivity index is 2.57. The molecule has 0 aromatic heterocycles. The van der Waals surface area contributed by atoms with Crippen LogP contribution in [0.3, 0.4) is 0 Å². The Morgan fingerprint density at radius 1 is 0.680 bits per heavy atom. The van der Waals surface area contributed by atoms with Gasteiger partial charge in [-0.25, -0.2) is 8.42 Å². The Bertz CT molecular complexity index is 842. The standard InChI is InChI=1S/C16H12F6O2S/c1-9-7-11(15(17,18)19)3-5-13(9)25(23,24)14-6-4-12(8-10(14)2)16(20,21)22/h3-8H,1-2H3. The van der Waals surface area contributed by atoms with Crippen LogP contribution < -0.4 is 0 Å². The lowest BCUT2D eigenvalue weighted by molar-refractivity contribution is -0.138. The molecule has 2 aromatic rings. The van der Waals surface area contributed by atoms with E-state index in [4.69, 9.17) is 0 Å². The van der Waals surface area contributed by atoms with E-state index >= 15 is 0 Å². The van der Waals surface area contributed by atoms with E-state index in [1.54, 1.807) is 0 Å². The zero-order valence-electron chi connectivity index (χ0n) is 13.0. The van der Waals surface area contributed by atoms with Crippen molar-refractivity contribution in [2.75, 3.05) is 0 Å². The molecule has 0 unspecified atom stereocenters. The fourth-order valence-corrected chi connectivity index (χ4v) is 4.07. The van der Waals surface area contributed by atoms with Gasteiger partial charge >= 0.3 is 12.4 Å². The number of sulfone groups is 1. The largest absolute Gasteiger partial charge is 0.416 e. The van der Waals surface area contributed by atoms with Crippen LogP contribution in [0.15, 0.2) is 46.2 Å². The third kappa shape index (κ3) is 3.81. The first-order valence-electron chi connectivity index (χ1n) is 6.85. The Kier molecular flexibility index (Phi) is 4.67. The van der Waals surface area contributed by atoms with Crippen LogP contribution in [-0.2, 0) is 22.2 Å². The predicted octanol–water partition coefficient (Wildman–Crippen LogP) is 5.17. The van der Waals surface area contributed by atoms with Crippen molar-refractivity contribution < 1.29 is 34.8 Å². The second-order valence-electron chi connectivity index (χ2n) is 5.46. The average molecular weight is 382 g/mol. The van der Waals surface area contributed by atoms with E-state index in [9.17, 15) is 34.8 Å². The van der Waals surface area contributed by atoms with Gasteiger partial charge in [0.25, 0.3) is 0 Å². The maximum absolute atomic E-state index is 12.7. The van der Waals surface area contributed by atoms with Crippen LogP contribution in [0.4, 0.5) is 26.3 Å². The van der Waals surface area contributed by atoms with Crippen molar-refractivity contribution in [2.45, 2.75) is 36.0 Å². The molecule has 0 spiro atoms. The molecule has 0 fully saturated rings. The van der Waals surface area contributed by atoms with Gasteiger partial charge in [0.15, 0.2) is 0 Å². The first-order chi connectivity index (χ1) is 11.2. The van der Waals surface area contributed by atoms with Crippen LogP contribution in [0.25, 0.3) is 0 Å². The quantitative estimate of drug-likeness (QED) is 0.672. The van der Waals surface area contributed by atoms with Crippen molar-refractivity contribution in [3.05, 3.63) is 58.7 Å². The van der Waals surface area contributed by atoms with Crippen LogP contribution in [0.1, 0.15) is 22.3 Å². The number of halogens is 6. The van der Waals surface area contributed by atoms with E-state index in [0.717, 1.165) is 12.1 Å². The molecule has 136 valence electrons. The van der Waals surface area contributed by atoms with Crippen molar-refractivity contribution in [2.24, 2.45) is 0 Å². The minimum absolute atomic E-state index is 0.144. The first kappa shape index (κ1) is 19.3. The molecular weight excluding hydrogens is 370 g/mol. The second-order valence-corrected chi connectivity index (χ2v) is 7.35. The molecule has 9 heteroatoms. The number of hydrogen-bond donors (Lipinski definition) is 0. The molecule has 0 amide bonds. The van der Waals surface area contributed by atoms with Crippen LogP contribution in [-0.4, -0.2) is 8.42 Å². The van der Waals surface area contributed by atoms with Gasteiger partial charge in [-0.3, -0.25) is 0 Å². The van der Waals surface area contributed by atoms with Crippen LogP contribution in [0.2, 0.25) is 0 Å². The van der Waals surface area contributed by atoms with Crippen LogP contribution in [0, 0.1) is 13.8 Å². The molecule has 0 heterocycles. The van der Waals surface area contributed by atoms with E-state index in [-0.39, 0.29) is 20.9 Å². The highest BCUT2D eigenvalue weighted by atomic mass is 32.2. The second kappa shape index (κ2) is 6.05. The van der Waals surface area contributed by atoms with Crippen molar-refractivity contribution in [3.63, 3.8) is 0 Å². The molecule has 0 saturated carbocycles. The molecule has 2 rings (SSSR count). The van der Waals surface area contributed by atoms with Crippen molar-refractivity contribution in [1.82, 2.24) is 0 Å². The van der Waals surface area contributed by atoms with Crippen molar-refractivity contribution in [3.8, 4) is 0 Å². The SMILES string of the molecule is Cc1cc(C(F)(F)F)ccc1S(=O)(=O)c1ccc(C(F)(F)F)cc1C. The average Bonchev–Trinajstić information content (AvgIpc) is 2.44. The summed E-state index contributed by atoms with van der Waals surface area (Å²) in [4.78, 5) is -0.772. The summed E-state index contributed by atoms with van der Waals surface area (Å²) in [5.74, 6) is 0. The summed E-state index contributed by atoms with van der Waals surface area (Å²) in [6.45, 7) is 2.39. The van der Waals surface area contributed by atoms with Crippen molar-refractivity contribution >= 4 is 9.84 Å². The zero-order valence-corrected chi connectivity index (χ0v) is 13.8. The molecule has 2 aromatic carbocycles. The molecule has 0 aliphatic rings. The zero-order chi connectivity index (χ0) is 19.2. The molecule has 0 aliphatic heterocycles. The number of aryl methyl sites for hydroxylation is 2. The van der Waals surface area contributed by atoms with Gasteiger partial charge < -0.3 is 0 Å². The molecule has 0 aliphatic carbocycles. The Morgan fingerprint density at radius 3 is 1.24 bits per heavy atom. The van der Waals surface area contributed by atoms with Gasteiger partial charge in [0.2, 0.25) is 9.84 Å². The van der Waals surface area contributed by atoms with Gasteiger partial charge in [0.05, 0.1) is 20.9 Å². The van der Waals surface area contributed by atoms with Gasteiger partial charge in [-0.15, -0.1) is 0 Å². The highest BCUT2D eigenvalue weighted by Gasteiger charge is 2.34. The fraction of sp³-hybridized carbons (Fsp3) is 0.250. The smallest absolute Gasteiger partial charge is 0.218 e. The minimum Gasteiger partial charge on any atom is -0.218 e. The summed E-state index contributed by atoms with van der Waals surface area (Å²) in [6, 6.07) is 4.24. The lowest BCUT2D eigenvalue weighted by Gasteiger charge is -2.14. The van der Waals surface area contributed by atoms with Crippen LogP contribution >= 0.6 is 0 Å². The number of alkyl halides is 6. The minimum atomic E-state index is -4.63. The van der Waals surface area contributed by atoms with Gasteiger partial charge in [0.1, 0.15) is 0 Å². The number of benzene rings is 2. The molecule has 25 heavy (non-hydrogen) atoms. The topological polar surface area (TPSA) is 34.1 Å². The highest BCUT2D eigenvalue weighted by Crippen LogP contribution is 2.35. The molecule has 0 bridgehead atoms. The highest BCUT2D eigenvalue weighted by molar-refractivity contribution is 7.91. The monoisotopic (exact) mass is 382 g/mol. The lowest BCUT2D eigenvalue weighted by Crippen LogP contribution is -2.11.